The number of hydrogen-bond acceptors (Lipinski definition) is 4. The van der Waals surface area contributed by atoms with Gasteiger partial charge in [0.2, 0.25) is 10.0 Å². The van der Waals surface area contributed by atoms with Crippen LogP contribution in [0, 0.1) is 6.92 Å². The lowest BCUT2D eigenvalue weighted by atomic mass is 10.1. The van der Waals surface area contributed by atoms with E-state index in [2.05, 4.69) is 9.71 Å². The Balaban J connectivity index is 2.00. The highest BCUT2D eigenvalue weighted by Gasteiger charge is 2.25. The molecule has 0 fully saturated rings. The Morgan fingerprint density at radius 3 is 2.27 bits per heavy atom. The van der Waals surface area contributed by atoms with Crippen LogP contribution in [0.1, 0.15) is 23.0 Å². The van der Waals surface area contributed by atoms with Crippen LogP contribution >= 0.6 is 0 Å². The van der Waals surface area contributed by atoms with Crippen molar-refractivity contribution in [1.29, 1.82) is 0 Å². The molecule has 0 aliphatic carbocycles. The number of ether oxygens (including phenoxy) is 1. The van der Waals surface area contributed by atoms with E-state index in [4.69, 9.17) is 4.74 Å². The quantitative estimate of drug-likeness (QED) is 0.723. The monoisotopic (exact) mass is 371 g/mol. The van der Waals surface area contributed by atoms with Crippen molar-refractivity contribution in [2.24, 2.45) is 7.05 Å². The summed E-state index contributed by atoms with van der Waals surface area (Å²) in [5.74, 6) is 1.31. The zero-order chi connectivity index (χ0) is 18.7. The minimum Gasteiger partial charge on any atom is -0.497 e. The Hall–Kier alpha value is -2.64. The summed E-state index contributed by atoms with van der Waals surface area (Å²) in [7, 11) is -0.296. The molecule has 7 heteroatoms. The third kappa shape index (κ3) is 3.79. The lowest BCUT2D eigenvalue weighted by molar-refractivity contribution is 0.414. The van der Waals surface area contributed by atoms with Crippen molar-refractivity contribution in [1.82, 2.24) is 14.3 Å². The predicted molar refractivity (Wildman–Crippen MR) is 99.5 cm³/mol. The van der Waals surface area contributed by atoms with Crippen LogP contribution in [0.3, 0.4) is 0 Å². The molecular formula is C19H21N3O3S. The van der Waals surface area contributed by atoms with E-state index in [-0.39, 0.29) is 4.90 Å². The number of nitrogens with zero attached hydrogens (tertiary/aromatic N) is 2. The molecule has 136 valence electrons. The summed E-state index contributed by atoms with van der Waals surface area (Å²) in [6.07, 6.45) is 3.43. The molecule has 1 N–H and O–H groups in total. The molecule has 1 atom stereocenters. The zero-order valence-corrected chi connectivity index (χ0v) is 15.7. The third-order valence-corrected chi connectivity index (χ3v) is 5.61. The third-order valence-electron chi connectivity index (χ3n) is 4.17. The predicted octanol–water partition coefficient (Wildman–Crippen LogP) is 2.81. The highest BCUT2D eigenvalue weighted by atomic mass is 32.2. The molecule has 0 saturated heterocycles. The minimum atomic E-state index is -3.72. The number of hydrogen-bond donors (Lipinski definition) is 1. The van der Waals surface area contributed by atoms with Gasteiger partial charge in [-0.1, -0.05) is 29.8 Å². The van der Waals surface area contributed by atoms with E-state index in [0.717, 1.165) is 11.1 Å². The van der Waals surface area contributed by atoms with Gasteiger partial charge in [0.15, 0.2) is 0 Å². The highest BCUT2D eigenvalue weighted by Crippen LogP contribution is 2.25. The average molecular weight is 371 g/mol. The van der Waals surface area contributed by atoms with Gasteiger partial charge in [0, 0.05) is 19.4 Å². The molecule has 3 rings (SSSR count). The highest BCUT2D eigenvalue weighted by molar-refractivity contribution is 7.89. The lowest BCUT2D eigenvalue weighted by Gasteiger charge is -2.19. The van der Waals surface area contributed by atoms with Gasteiger partial charge in [0.05, 0.1) is 12.0 Å². The fourth-order valence-electron chi connectivity index (χ4n) is 2.66. The maximum absolute atomic E-state index is 12.9. The van der Waals surface area contributed by atoms with E-state index >= 15 is 0 Å². The maximum Gasteiger partial charge on any atom is 0.241 e. The minimum absolute atomic E-state index is 0.218. The zero-order valence-electron chi connectivity index (χ0n) is 14.9. The molecule has 1 heterocycles. The lowest BCUT2D eigenvalue weighted by Crippen LogP contribution is -2.31. The van der Waals surface area contributed by atoms with E-state index in [1.165, 1.54) is 0 Å². The fraction of sp³-hybridized carbons (Fsp3) is 0.211. The molecule has 0 amide bonds. The number of imidazole rings is 1. The summed E-state index contributed by atoms with van der Waals surface area (Å²) >= 11 is 0. The normalized spacial score (nSPS) is 12.7. The molecule has 26 heavy (non-hydrogen) atoms. The molecule has 1 aromatic heterocycles. The van der Waals surface area contributed by atoms with Gasteiger partial charge < -0.3 is 9.30 Å². The molecule has 3 aromatic rings. The van der Waals surface area contributed by atoms with Crippen LogP contribution in [0.5, 0.6) is 5.75 Å². The summed E-state index contributed by atoms with van der Waals surface area (Å²) in [6.45, 7) is 1.91. The van der Waals surface area contributed by atoms with E-state index in [1.54, 1.807) is 60.5 Å². The number of rotatable bonds is 6. The van der Waals surface area contributed by atoms with Crippen molar-refractivity contribution in [2.45, 2.75) is 17.9 Å². The van der Waals surface area contributed by atoms with Gasteiger partial charge >= 0.3 is 0 Å². The first-order chi connectivity index (χ1) is 12.4. The molecule has 0 bridgehead atoms. The first-order valence-electron chi connectivity index (χ1n) is 8.11. The van der Waals surface area contributed by atoms with Crippen LogP contribution in [0.15, 0.2) is 65.8 Å². The van der Waals surface area contributed by atoms with Crippen molar-refractivity contribution in [2.75, 3.05) is 7.11 Å². The van der Waals surface area contributed by atoms with Crippen LogP contribution < -0.4 is 9.46 Å². The Bertz CT molecular complexity index is 978. The van der Waals surface area contributed by atoms with Crippen molar-refractivity contribution in [3.05, 3.63) is 77.9 Å². The molecule has 0 aliphatic heterocycles. The summed E-state index contributed by atoms with van der Waals surface area (Å²) in [5, 5.41) is 0. The van der Waals surface area contributed by atoms with Crippen LogP contribution in [-0.2, 0) is 17.1 Å². The topological polar surface area (TPSA) is 73.2 Å². The molecular weight excluding hydrogens is 350 g/mol. The SMILES string of the molecule is COc1ccc(C(NS(=O)(=O)c2ccc(C)cc2)c2nccn2C)cc1. The number of aromatic nitrogens is 2. The van der Waals surface area contributed by atoms with Crippen molar-refractivity contribution in [3.8, 4) is 5.75 Å². The van der Waals surface area contributed by atoms with Crippen molar-refractivity contribution >= 4 is 10.0 Å². The Morgan fingerprint density at radius 2 is 1.73 bits per heavy atom. The second kappa shape index (κ2) is 7.31. The summed E-state index contributed by atoms with van der Waals surface area (Å²) in [6, 6.07) is 13.4. The number of sulfonamides is 1. The van der Waals surface area contributed by atoms with Gasteiger partial charge in [-0.15, -0.1) is 0 Å². The second-order valence-electron chi connectivity index (χ2n) is 6.04. The molecule has 1 unspecified atom stereocenters. The van der Waals surface area contributed by atoms with Gasteiger partial charge in [-0.2, -0.15) is 4.72 Å². The molecule has 2 aromatic carbocycles. The molecule has 6 nitrogen and oxygen atoms in total. The maximum atomic E-state index is 12.9. The van der Waals surface area contributed by atoms with Gasteiger partial charge in [0.25, 0.3) is 0 Å². The summed E-state index contributed by atoms with van der Waals surface area (Å²) < 4.78 is 35.5. The van der Waals surface area contributed by atoms with Crippen LogP contribution in [0.2, 0.25) is 0 Å². The van der Waals surface area contributed by atoms with Crippen LogP contribution in [0.4, 0.5) is 0 Å². The van der Waals surface area contributed by atoms with Gasteiger partial charge in [-0.05, 0) is 36.8 Å². The number of benzene rings is 2. The smallest absolute Gasteiger partial charge is 0.241 e. The van der Waals surface area contributed by atoms with Gasteiger partial charge in [-0.25, -0.2) is 13.4 Å². The number of aryl methyl sites for hydroxylation is 2. The van der Waals surface area contributed by atoms with Crippen LogP contribution in [-0.4, -0.2) is 25.1 Å². The second-order valence-corrected chi connectivity index (χ2v) is 7.75. The first-order valence-corrected chi connectivity index (χ1v) is 9.59. The van der Waals surface area contributed by atoms with E-state index in [1.807, 2.05) is 26.1 Å². The number of nitrogens with one attached hydrogen (secondary N) is 1. The molecule has 0 spiro atoms. The summed E-state index contributed by atoms with van der Waals surface area (Å²) in [4.78, 5) is 4.55. The Kier molecular flexibility index (Phi) is 5.11. The molecule has 0 saturated carbocycles. The van der Waals surface area contributed by atoms with Gasteiger partial charge in [-0.3, -0.25) is 0 Å². The Labute approximate surface area is 153 Å². The van der Waals surface area contributed by atoms with E-state index < -0.39 is 16.1 Å². The standard InChI is InChI=1S/C19H21N3O3S/c1-14-4-10-17(11-5-14)26(23,24)21-18(19-20-12-13-22(19)2)15-6-8-16(25-3)9-7-15/h4-13,18,21H,1-3H3. The Morgan fingerprint density at radius 1 is 1.08 bits per heavy atom. The van der Waals surface area contributed by atoms with Crippen LogP contribution in [0.25, 0.3) is 0 Å². The largest absolute Gasteiger partial charge is 0.497 e. The first kappa shape index (κ1) is 18.2. The van der Waals surface area contributed by atoms with Crippen molar-refractivity contribution in [3.63, 3.8) is 0 Å². The number of methoxy groups -OCH3 is 1. The van der Waals surface area contributed by atoms with E-state index in [0.29, 0.717) is 11.6 Å². The summed E-state index contributed by atoms with van der Waals surface area (Å²) in [5.41, 5.74) is 1.77. The molecule has 0 aliphatic rings. The average Bonchev–Trinajstić information content (AvgIpc) is 3.06. The van der Waals surface area contributed by atoms with E-state index in [9.17, 15) is 8.42 Å². The fourth-order valence-corrected chi connectivity index (χ4v) is 3.84. The van der Waals surface area contributed by atoms with Crippen molar-refractivity contribution < 1.29 is 13.2 Å². The van der Waals surface area contributed by atoms with Gasteiger partial charge in [0.1, 0.15) is 17.6 Å². The molecule has 0 radical (unpaired) electrons.